The number of aromatic nitrogens is 1. The minimum atomic E-state index is -0.318. The lowest BCUT2D eigenvalue weighted by atomic mass is 10.2. The largest absolute Gasteiger partial charge is 0.372 e. The molecule has 0 spiro atoms. The molecule has 0 atom stereocenters. The highest BCUT2D eigenvalue weighted by Gasteiger charge is 2.12. The molecule has 0 radical (unpaired) electrons. The minimum Gasteiger partial charge on any atom is -0.372 e. The van der Waals surface area contributed by atoms with Crippen LogP contribution < -0.4 is 15.6 Å². The average molecular weight is 283 g/mol. The Bertz CT molecular complexity index is 685. The molecule has 0 aliphatic carbocycles. The second kappa shape index (κ2) is 5.83. The van der Waals surface area contributed by atoms with E-state index in [1.54, 1.807) is 0 Å². The van der Waals surface area contributed by atoms with Crippen LogP contribution in [-0.2, 0) is 0 Å². The summed E-state index contributed by atoms with van der Waals surface area (Å²) in [5.74, 6) is -0.318. The third kappa shape index (κ3) is 3.13. The van der Waals surface area contributed by atoms with E-state index in [9.17, 15) is 9.59 Å². The Morgan fingerprint density at radius 1 is 1.10 bits per heavy atom. The summed E-state index contributed by atoms with van der Waals surface area (Å²) in [5, 5.41) is 2.78. The van der Waals surface area contributed by atoms with Crippen LogP contribution in [0, 0.1) is 0 Å². The molecule has 108 valence electrons. The van der Waals surface area contributed by atoms with Crippen LogP contribution in [0.3, 0.4) is 0 Å². The first-order valence-corrected chi connectivity index (χ1v) is 7.07. The predicted octanol–water partition coefficient (Wildman–Crippen LogP) is 2.23. The Balaban J connectivity index is 1.70. The van der Waals surface area contributed by atoms with Gasteiger partial charge in [0.15, 0.2) is 5.43 Å². The summed E-state index contributed by atoms with van der Waals surface area (Å²) >= 11 is 0. The number of amides is 1. The van der Waals surface area contributed by atoms with Gasteiger partial charge in [-0.15, -0.1) is 0 Å². The van der Waals surface area contributed by atoms with Crippen molar-refractivity contribution in [2.75, 3.05) is 23.3 Å². The fourth-order valence-corrected chi connectivity index (χ4v) is 2.51. The zero-order chi connectivity index (χ0) is 14.7. The zero-order valence-electron chi connectivity index (χ0n) is 11.6. The lowest BCUT2D eigenvalue weighted by Crippen LogP contribution is -2.18. The van der Waals surface area contributed by atoms with Crippen molar-refractivity contribution in [3.05, 3.63) is 58.5 Å². The molecule has 1 aliphatic rings. The van der Waals surface area contributed by atoms with Crippen LogP contribution in [0.2, 0.25) is 0 Å². The first-order chi connectivity index (χ1) is 10.2. The van der Waals surface area contributed by atoms with E-state index < -0.39 is 0 Å². The van der Waals surface area contributed by atoms with E-state index in [1.165, 1.54) is 36.9 Å². The molecule has 0 bridgehead atoms. The summed E-state index contributed by atoms with van der Waals surface area (Å²) in [6.45, 7) is 2.19. The topological polar surface area (TPSA) is 65.2 Å². The Hall–Kier alpha value is -2.56. The molecule has 2 heterocycles. The number of anilines is 2. The fraction of sp³-hybridized carbons (Fsp3) is 0.250. The van der Waals surface area contributed by atoms with Crippen molar-refractivity contribution in [1.29, 1.82) is 0 Å². The van der Waals surface area contributed by atoms with Gasteiger partial charge in [0.2, 0.25) is 0 Å². The number of carbonyl (C=O) groups excluding carboxylic acids is 1. The molecule has 2 N–H and O–H groups in total. The summed E-state index contributed by atoms with van der Waals surface area (Å²) < 4.78 is 0. The normalized spacial score (nSPS) is 14.2. The number of aromatic amines is 1. The monoisotopic (exact) mass is 283 g/mol. The maximum atomic E-state index is 12.0. The Labute approximate surface area is 122 Å². The van der Waals surface area contributed by atoms with Crippen molar-refractivity contribution in [3.8, 4) is 0 Å². The van der Waals surface area contributed by atoms with Gasteiger partial charge in [-0.1, -0.05) is 0 Å². The van der Waals surface area contributed by atoms with E-state index in [1.807, 2.05) is 24.3 Å². The van der Waals surface area contributed by atoms with Gasteiger partial charge in [0.25, 0.3) is 5.91 Å². The van der Waals surface area contributed by atoms with Crippen molar-refractivity contribution in [1.82, 2.24) is 4.98 Å². The van der Waals surface area contributed by atoms with Crippen molar-refractivity contribution >= 4 is 17.3 Å². The minimum absolute atomic E-state index is 0.191. The second-order valence-electron chi connectivity index (χ2n) is 5.13. The predicted molar refractivity (Wildman–Crippen MR) is 82.9 cm³/mol. The first kappa shape index (κ1) is 13.4. The molecule has 1 aliphatic heterocycles. The van der Waals surface area contributed by atoms with Crippen LogP contribution in [-0.4, -0.2) is 24.0 Å². The average Bonchev–Trinajstić information content (AvgIpc) is 3.02. The highest BCUT2D eigenvalue weighted by atomic mass is 16.2. The molecule has 2 aromatic rings. The number of carbonyl (C=O) groups is 1. The van der Waals surface area contributed by atoms with E-state index in [0.717, 1.165) is 13.1 Å². The van der Waals surface area contributed by atoms with Gasteiger partial charge < -0.3 is 15.2 Å². The number of pyridine rings is 1. The summed E-state index contributed by atoms with van der Waals surface area (Å²) in [5.41, 5.74) is 1.96. The maximum Gasteiger partial charge on any atom is 0.272 e. The highest BCUT2D eigenvalue weighted by molar-refractivity contribution is 6.02. The van der Waals surface area contributed by atoms with Crippen molar-refractivity contribution < 1.29 is 4.79 Å². The van der Waals surface area contributed by atoms with Gasteiger partial charge in [-0.05, 0) is 37.1 Å². The standard InChI is InChI=1S/C16H17N3O2/c20-14-7-8-17-15(11-14)16(21)18-12-3-5-13(6-4-12)19-9-1-2-10-19/h3-8,11H,1-2,9-10H2,(H,17,20)(H,18,21). The van der Waals surface area contributed by atoms with E-state index in [0.29, 0.717) is 5.69 Å². The van der Waals surface area contributed by atoms with Crippen LogP contribution in [0.4, 0.5) is 11.4 Å². The van der Waals surface area contributed by atoms with Crippen LogP contribution in [0.5, 0.6) is 0 Å². The molecule has 5 heteroatoms. The molecule has 1 amide bonds. The molecule has 5 nitrogen and oxygen atoms in total. The van der Waals surface area contributed by atoms with Gasteiger partial charge in [0, 0.05) is 42.8 Å². The number of nitrogens with one attached hydrogen (secondary N) is 2. The van der Waals surface area contributed by atoms with Gasteiger partial charge in [0.1, 0.15) is 5.69 Å². The zero-order valence-corrected chi connectivity index (χ0v) is 11.6. The van der Waals surface area contributed by atoms with Gasteiger partial charge in [-0.3, -0.25) is 9.59 Å². The molecule has 0 saturated carbocycles. The van der Waals surface area contributed by atoms with Crippen LogP contribution >= 0.6 is 0 Å². The van der Waals surface area contributed by atoms with E-state index in [2.05, 4.69) is 15.2 Å². The van der Waals surface area contributed by atoms with Crippen LogP contribution in [0.1, 0.15) is 23.3 Å². The van der Waals surface area contributed by atoms with Crippen molar-refractivity contribution in [2.45, 2.75) is 12.8 Å². The van der Waals surface area contributed by atoms with E-state index in [4.69, 9.17) is 0 Å². The van der Waals surface area contributed by atoms with Crippen molar-refractivity contribution in [2.24, 2.45) is 0 Å². The Kier molecular flexibility index (Phi) is 3.73. The van der Waals surface area contributed by atoms with E-state index in [-0.39, 0.29) is 17.0 Å². The van der Waals surface area contributed by atoms with Gasteiger partial charge in [-0.2, -0.15) is 0 Å². The third-order valence-corrected chi connectivity index (χ3v) is 3.61. The lowest BCUT2D eigenvalue weighted by Gasteiger charge is -2.17. The highest BCUT2D eigenvalue weighted by Crippen LogP contribution is 2.22. The third-order valence-electron chi connectivity index (χ3n) is 3.61. The molecule has 1 saturated heterocycles. The van der Waals surface area contributed by atoms with Crippen LogP contribution in [0.25, 0.3) is 0 Å². The smallest absolute Gasteiger partial charge is 0.272 e. The quantitative estimate of drug-likeness (QED) is 0.908. The molecule has 1 fully saturated rings. The molecule has 21 heavy (non-hydrogen) atoms. The number of benzene rings is 1. The lowest BCUT2D eigenvalue weighted by molar-refractivity contribution is 0.102. The molecular weight excluding hydrogens is 266 g/mol. The SMILES string of the molecule is O=C(Nc1ccc(N2CCCC2)cc1)c1cc(=O)cc[nH]1. The Morgan fingerprint density at radius 3 is 2.48 bits per heavy atom. The summed E-state index contributed by atoms with van der Waals surface area (Å²) in [6.07, 6.45) is 3.94. The van der Waals surface area contributed by atoms with Crippen molar-refractivity contribution in [3.63, 3.8) is 0 Å². The number of hydrogen-bond donors (Lipinski definition) is 2. The molecule has 1 aromatic heterocycles. The molecule has 3 rings (SSSR count). The van der Waals surface area contributed by atoms with Crippen LogP contribution in [0.15, 0.2) is 47.4 Å². The number of nitrogens with zero attached hydrogens (tertiary/aromatic N) is 1. The molecular formula is C16H17N3O2. The molecule has 1 aromatic carbocycles. The molecule has 0 unspecified atom stereocenters. The van der Waals surface area contributed by atoms with E-state index >= 15 is 0 Å². The maximum absolute atomic E-state index is 12.0. The Morgan fingerprint density at radius 2 is 1.81 bits per heavy atom. The fourth-order valence-electron chi connectivity index (χ4n) is 2.51. The van der Waals surface area contributed by atoms with Gasteiger partial charge >= 0.3 is 0 Å². The second-order valence-corrected chi connectivity index (χ2v) is 5.13. The summed E-state index contributed by atoms with van der Waals surface area (Å²) in [7, 11) is 0. The van der Waals surface area contributed by atoms with Gasteiger partial charge in [-0.25, -0.2) is 0 Å². The summed E-state index contributed by atoms with van der Waals surface area (Å²) in [4.78, 5) is 28.3. The number of rotatable bonds is 3. The van der Waals surface area contributed by atoms with Gasteiger partial charge in [0.05, 0.1) is 0 Å². The first-order valence-electron chi connectivity index (χ1n) is 7.07. The number of hydrogen-bond acceptors (Lipinski definition) is 3. The summed E-state index contributed by atoms with van der Waals surface area (Å²) in [6, 6.07) is 10.4. The number of H-pyrrole nitrogens is 1.